The van der Waals surface area contributed by atoms with Gasteiger partial charge in [0.2, 0.25) is 0 Å². The average molecular weight is 668 g/mol. The maximum atomic E-state index is 14.0. The second-order valence-corrected chi connectivity index (χ2v) is 11.3. The summed E-state index contributed by atoms with van der Waals surface area (Å²) in [5.74, 6) is 0.614. The fraction of sp³-hybridized carbons (Fsp3) is 0.219. The van der Waals surface area contributed by atoms with Gasteiger partial charge in [0, 0.05) is 10.0 Å². The van der Waals surface area contributed by atoms with Gasteiger partial charge in [0.25, 0.3) is 5.56 Å². The van der Waals surface area contributed by atoms with Crippen LogP contribution in [0, 0.1) is 5.82 Å². The van der Waals surface area contributed by atoms with E-state index in [9.17, 15) is 14.0 Å². The first-order valence-electron chi connectivity index (χ1n) is 13.3. The minimum absolute atomic E-state index is 0.0957. The largest absolute Gasteiger partial charge is 0.493 e. The summed E-state index contributed by atoms with van der Waals surface area (Å²) in [6.45, 7) is 3.71. The van der Waals surface area contributed by atoms with E-state index in [-0.39, 0.29) is 30.2 Å². The van der Waals surface area contributed by atoms with Gasteiger partial charge in [-0.3, -0.25) is 9.36 Å². The van der Waals surface area contributed by atoms with E-state index < -0.39 is 12.0 Å². The lowest BCUT2D eigenvalue weighted by Gasteiger charge is -2.26. The van der Waals surface area contributed by atoms with Gasteiger partial charge in [-0.15, -0.1) is 0 Å². The molecule has 222 valence electrons. The Balaban J connectivity index is 1.56. The second-order valence-electron chi connectivity index (χ2n) is 9.48. The number of carbonyl (C=O) groups excluding carboxylic acids is 1. The highest BCUT2D eigenvalue weighted by Crippen LogP contribution is 2.40. The van der Waals surface area contributed by atoms with Crippen LogP contribution in [0.2, 0.25) is 0 Å². The van der Waals surface area contributed by atoms with Gasteiger partial charge in [0.05, 0.1) is 42.7 Å². The topological polar surface area (TPSA) is 88.4 Å². The first-order valence-corrected chi connectivity index (χ1v) is 14.9. The molecular weight excluding hydrogens is 639 g/mol. The summed E-state index contributed by atoms with van der Waals surface area (Å²) >= 11 is 4.82. The van der Waals surface area contributed by atoms with Gasteiger partial charge in [0.15, 0.2) is 16.3 Å². The van der Waals surface area contributed by atoms with Gasteiger partial charge in [-0.1, -0.05) is 57.6 Å². The second kappa shape index (κ2) is 13.0. The molecule has 3 aromatic carbocycles. The summed E-state index contributed by atoms with van der Waals surface area (Å²) in [5.41, 5.74) is 2.22. The lowest BCUT2D eigenvalue weighted by molar-refractivity contribution is -0.139. The van der Waals surface area contributed by atoms with E-state index in [1.54, 1.807) is 62.4 Å². The Bertz CT molecular complexity index is 1900. The number of hydrogen-bond acceptors (Lipinski definition) is 8. The summed E-state index contributed by atoms with van der Waals surface area (Å²) in [6.07, 6.45) is 1.76. The van der Waals surface area contributed by atoms with Gasteiger partial charge in [0.1, 0.15) is 18.2 Å². The van der Waals surface area contributed by atoms with E-state index in [0.717, 1.165) is 5.56 Å². The molecule has 5 rings (SSSR count). The van der Waals surface area contributed by atoms with Crippen LogP contribution in [0.4, 0.5) is 4.39 Å². The molecule has 0 saturated heterocycles. The first-order chi connectivity index (χ1) is 20.7. The normalized spacial score (nSPS) is 14.7. The molecule has 1 atom stereocenters. The van der Waals surface area contributed by atoms with Crippen LogP contribution in [0.5, 0.6) is 17.2 Å². The van der Waals surface area contributed by atoms with Crippen LogP contribution in [0.25, 0.3) is 6.08 Å². The molecule has 43 heavy (non-hydrogen) atoms. The van der Waals surface area contributed by atoms with E-state index in [2.05, 4.69) is 20.9 Å². The Morgan fingerprint density at radius 1 is 1.09 bits per heavy atom. The summed E-state index contributed by atoms with van der Waals surface area (Å²) in [7, 11) is 3.05. The number of esters is 1. The van der Waals surface area contributed by atoms with Crippen LogP contribution in [-0.4, -0.2) is 31.4 Å². The summed E-state index contributed by atoms with van der Waals surface area (Å²) < 4.78 is 38.6. The Hall–Kier alpha value is -4.22. The van der Waals surface area contributed by atoms with E-state index in [4.69, 9.17) is 18.9 Å². The highest BCUT2D eigenvalue weighted by molar-refractivity contribution is 9.10. The van der Waals surface area contributed by atoms with Crippen molar-refractivity contribution < 1.29 is 28.1 Å². The molecule has 0 saturated carbocycles. The molecule has 11 heteroatoms. The van der Waals surface area contributed by atoms with Crippen molar-refractivity contribution in [1.29, 1.82) is 0 Å². The van der Waals surface area contributed by atoms with Crippen LogP contribution < -0.4 is 29.1 Å². The van der Waals surface area contributed by atoms with Gasteiger partial charge < -0.3 is 18.9 Å². The summed E-state index contributed by atoms with van der Waals surface area (Å²) in [4.78, 5) is 32.3. The van der Waals surface area contributed by atoms with Crippen molar-refractivity contribution in [2.24, 2.45) is 4.99 Å². The maximum Gasteiger partial charge on any atom is 0.338 e. The molecule has 0 unspecified atom stereocenters. The third kappa shape index (κ3) is 6.14. The van der Waals surface area contributed by atoms with Crippen molar-refractivity contribution in [3.63, 3.8) is 0 Å². The molecule has 1 aromatic heterocycles. The molecular formula is C32H28BrFN2O6S. The molecule has 0 fully saturated rings. The van der Waals surface area contributed by atoms with Crippen LogP contribution in [0.15, 0.2) is 86.2 Å². The minimum Gasteiger partial charge on any atom is -0.493 e. The number of carbonyl (C=O) groups is 1. The highest BCUT2D eigenvalue weighted by Gasteiger charge is 2.35. The SMILES string of the molecule is CCOC(=O)C1=C(C)N=c2s/c(=C\c3ccc(OCc4ccccc4F)cc3)c(=O)n2[C@@H]1c1cc(OC)c(OC)cc1Br. The molecule has 0 bridgehead atoms. The van der Waals surface area contributed by atoms with E-state index >= 15 is 0 Å². The van der Waals surface area contributed by atoms with Gasteiger partial charge in [-0.2, -0.15) is 0 Å². The van der Waals surface area contributed by atoms with Crippen molar-refractivity contribution in [3.8, 4) is 17.2 Å². The zero-order valence-electron chi connectivity index (χ0n) is 23.9. The highest BCUT2D eigenvalue weighted by atomic mass is 79.9. The number of allylic oxidation sites excluding steroid dienone is 1. The molecule has 8 nitrogen and oxygen atoms in total. The van der Waals surface area contributed by atoms with Gasteiger partial charge >= 0.3 is 5.97 Å². The van der Waals surface area contributed by atoms with Crippen molar-refractivity contribution in [1.82, 2.24) is 4.57 Å². The Labute approximate surface area is 259 Å². The molecule has 0 radical (unpaired) electrons. The number of hydrogen-bond donors (Lipinski definition) is 0. The Morgan fingerprint density at radius 2 is 1.79 bits per heavy atom. The molecule has 0 N–H and O–H groups in total. The van der Waals surface area contributed by atoms with E-state index in [1.165, 1.54) is 36.2 Å². The third-order valence-corrected chi connectivity index (χ3v) is 8.51. The fourth-order valence-corrected chi connectivity index (χ4v) is 6.34. The molecule has 1 aliphatic heterocycles. The number of aromatic nitrogens is 1. The smallest absolute Gasteiger partial charge is 0.338 e. The third-order valence-electron chi connectivity index (χ3n) is 6.84. The molecule has 0 aliphatic carbocycles. The first kappa shape index (κ1) is 30.2. The summed E-state index contributed by atoms with van der Waals surface area (Å²) in [6, 6.07) is 16.2. The van der Waals surface area contributed by atoms with Crippen molar-refractivity contribution in [3.05, 3.63) is 119 Å². The number of thiazole rings is 1. The minimum atomic E-state index is -0.833. The van der Waals surface area contributed by atoms with E-state index in [1.807, 2.05) is 12.1 Å². The quantitative estimate of drug-likeness (QED) is 0.226. The molecule has 0 amide bonds. The lowest BCUT2D eigenvalue weighted by Crippen LogP contribution is -2.40. The number of halogens is 2. The predicted molar refractivity (Wildman–Crippen MR) is 165 cm³/mol. The van der Waals surface area contributed by atoms with Crippen LogP contribution in [0.1, 0.15) is 36.6 Å². The summed E-state index contributed by atoms with van der Waals surface area (Å²) in [5, 5.41) is 0. The van der Waals surface area contributed by atoms with Crippen molar-refractivity contribution in [2.45, 2.75) is 26.5 Å². The number of ether oxygens (including phenoxy) is 4. The van der Waals surface area contributed by atoms with Gasteiger partial charge in [-0.05, 0) is 61.4 Å². The zero-order valence-corrected chi connectivity index (χ0v) is 26.3. The number of fused-ring (bicyclic) bond motifs is 1. The average Bonchev–Trinajstić information content (AvgIpc) is 3.30. The molecule has 1 aliphatic rings. The number of benzene rings is 3. The number of rotatable bonds is 9. The molecule has 2 heterocycles. The monoisotopic (exact) mass is 666 g/mol. The predicted octanol–water partition coefficient (Wildman–Crippen LogP) is 5.30. The number of methoxy groups -OCH3 is 2. The van der Waals surface area contributed by atoms with Crippen LogP contribution >= 0.6 is 27.3 Å². The van der Waals surface area contributed by atoms with Crippen LogP contribution in [-0.2, 0) is 16.1 Å². The standard InChI is InChI=1S/C32H28BrFN2O6S/c1-5-41-31(38)28-18(2)35-32-36(29(28)22-15-25(39-3)26(40-4)16-23(22)33)30(37)27(43-32)14-19-10-12-21(13-11-19)42-17-20-8-6-7-9-24(20)34/h6-16,29H,5,17H2,1-4H3/b27-14-/t29-/m1/s1. The number of nitrogens with zero attached hydrogens (tertiary/aromatic N) is 2. The lowest BCUT2D eigenvalue weighted by atomic mass is 9.95. The van der Waals surface area contributed by atoms with Crippen molar-refractivity contribution >= 4 is 39.3 Å². The molecule has 4 aromatic rings. The van der Waals surface area contributed by atoms with Crippen LogP contribution in [0.3, 0.4) is 0 Å². The van der Waals surface area contributed by atoms with Gasteiger partial charge in [-0.25, -0.2) is 14.2 Å². The van der Waals surface area contributed by atoms with Crippen molar-refractivity contribution in [2.75, 3.05) is 20.8 Å². The molecule has 0 spiro atoms. The maximum absolute atomic E-state index is 14.0. The zero-order chi connectivity index (χ0) is 30.7. The fourth-order valence-electron chi connectivity index (χ4n) is 4.75. The Kier molecular flexibility index (Phi) is 9.12. The van der Waals surface area contributed by atoms with E-state index in [0.29, 0.717) is 47.9 Å². The Morgan fingerprint density at radius 3 is 2.47 bits per heavy atom.